The number of hydrogen-bond acceptors (Lipinski definition) is 4. The average molecular weight is 277 g/mol. The van der Waals surface area contributed by atoms with E-state index in [1.165, 1.54) is 4.90 Å². The number of anilines is 1. The summed E-state index contributed by atoms with van der Waals surface area (Å²) in [4.78, 5) is 25.4. The number of benzene rings is 1. The second-order valence-electron chi connectivity index (χ2n) is 5.07. The highest BCUT2D eigenvalue weighted by Gasteiger charge is 2.34. The van der Waals surface area contributed by atoms with E-state index in [9.17, 15) is 9.59 Å². The molecule has 1 aromatic rings. The zero-order valence-electron chi connectivity index (χ0n) is 11.6. The van der Waals surface area contributed by atoms with Crippen LogP contribution in [-0.2, 0) is 9.59 Å². The van der Waals surface area contributed by atoms with E-state index in [0.29, 0.717) is 11.4 Å². The molecule has 0 bridgehead atoms. The summed E-state index contributed by atoms with van der Waals surface area (Å²) in [5.74, 6) is -0.602. The molecule has 108 valence electrons. The maximum Gasteiger partial charge on any atom is 0.260 e. The van der Waals surface area contributed by atoms with E-state index in [-0.39, 0.29) is 24.4 Å². The minimum Gasteiger partial charge on any atom is -0.477 e. The highest BCUT2D eigenvalue weighted by molar-refractivity contribution is 5.98. The number of nitrogens with two attached hydrogens (primary N) is 2. The van der Waals surface area contributed by atoms with Crippen molar-refractivity contribution >= 4 is 17.5 Å². The Morgan fingerprint density at radius 1 is 1.35 bits per heavy atom. The zero-order chi connectivity index (χ0) is 14.9. The molecule has 1 aromatic carbocycles. The lowest BCUT2D eigenvalue weighted by Crippen LogP contribution is -2.52. The Bertz CT molecular complexity index is 530. The van der Waals surface area contributed by atoms with Gasteiger partial charge in [-0.1, -0.05) is 19.1 Å². The summed E-state index contributed by atoms with van der Waals surface area (Å²) in [5, 5.41) is 0. The third-order valence-electron chi connectivity index (χ3n) is 3.54. The number of hydrogen-bond donors (Lipinski definition) is 2. The fourth-order valence-electron chi connectivity index (χ4n) is 2.06. The molecule has 6 heteroatoms. The number of nitrogens with zero attached hydrogens (tertiary/aromatic N) is 1. The molecular formula is C14H19N3O3. The van der Waals surface area contributed by atoms with Crippen molar-refractivity contribution in [1.82, 2.24) is 0 Å². The number of para-hydroxylation sites is 2. The molecule has 0 aromatic heterocycles. The van der Waals surface area contributed by atoms with E-state index >= 15 is 0 Å². The van der Waals surface area contributed by atoms with Crippen molar-refractivity contribution < 1.29 is 14.3 Å². The lowest BCUT2D eigenvalue weighted by molar-refractivity contribution is -0.126. The Kier molecular flexibility index (Phi) is 3.94. The third kappa shape index (κ3) is 2.60. The Morgan fingerprint density at radius 2 is 2.00 bits per heavy atom. The predicted molar refractivity (Wildman–Crippen MR) is 75.2 cm³/mol. The molecule has 4 N–H and O–H groups in total. The maximum atomic E-state index is 12.5. The molecule has 0 spiro atoms. The van der Waals surface area contributed by atoms with Gasteiger partial charge in [-0.25, -0.2) is 0 Å². The lowest BCUT2D eigenvalue weighted by atomic mass is 10.0. The zero-order valence-corrected chi connectivity index (χ0v) is 11.6. The Hall–Kier alpha value is -2.08. The Labute approximate surface area is 117 Å². The quantitative estimate of drug-likeness (QED) is 0.827. The second kappa shape index (κ2) is 5.50. The molecule has 0 radical (unpaired) electrons. The van der Waals surface area contributed by atoms with Gasteiger partial charge in [0.05, 0.1) is 18.2 Å². The molecule has 0 saturated carbocycles. The summed E-state index contributed by atoms with van der Waals surface area (Å²) < 4.78 is 5.51. The molecule has 0 aliphatic carbocycles. The summed E-state index contributed by atoms with van der Waals surface area (Å²) in [6.07, 6.45) is -0.839. The molecule has 3 unspecified atom stereocenters. The smallest absolute Gasteiger partial charge is 0.260 e. The molecule has 20 heavy (non-hydrogen) atoms. The van der Waals surface area contributed by atoms with Gasteiger partial charge < -0.3 is 21.1 Å². The van der Waals surface area contributed by atoms with Crippen LogP contribution in [0, 0.1) is 5.92 Å². The number of amides is 2. The van der Waals surface area contributed by atoms with Gasteiger partial charge in [0.15, 0.2) is 6.10 Å². The SMILES string of the molecule is CC(N)C(C)C(=O)N1CC(C(N)=O)Oc2ccccc21. The van der Waals surface area contributed by atoms with Gasteiger partial charge >= 0.3 is 0 Å². The van der Waals surface area contributed by atoms with Crippen molar-refractivity contribution in [3.05, 3.63) is 24.3 Å². The topological polar surface area (TPSA) is 98.7 Å². The Balaban J connectivity index is 2.36. The van der Waals surface area contributed by atoms with Gasteiger partial charge in [0.1, 0.15) is 5.75 Å². The normalized spacial score (nSPS) is 20.6. The number of rotatable bonds is 3. The van der Waals surface area contributed by atoms with Crippen molar-refractivity contribution in [2.45, 2.75) is 26.0 Å². The minimum atomic E-state index is -0.839. The van der Waals surface area contributed by atoms with Gasteiger partial charge in [-0.15, -0.1) is 0 Å². The molecule has 2 amide bonds. The van der Waals surface area contributed by atoms with Crippen LogP contribution < -0.4 is 21.1 Å². The summed E-state index contributed by atoms with van der Waals surface area (Å²) in [6, 6.07) is 6.80. The maximum absolute atomic E-state index is 12.5. The van der Waals surface area contributed by atoms with Crippen molar-refractivity contribution in [3.8, 4) is 5.75 Å². The highest BCUT2D eigenvalue weighted by atomic mass is 16.5. The van der Waals surface area contributed by atoms with Gasteiger partial charge in [-0.3, -0.25) is 9.59 Å². The minimum absolute atomic E-state index is 0.113. The average Bonchev–Trinajstić information content (AvgIpc) is 2.44. The van der Waals surface area contributed by atoms with Gasteiger partial charge in [0.2, 0.25) is 5.91 Å². The van der Waals surface area contributed by atoms with Crippen LogP contribution in [0.2, 0.25) is 0 Å². The van der Waals surface area contributed by atoms with E-state index in [1.54, 1.807) is 32.0 Å². The first-order valence-electron chi connectivity index (χ1n) is 6.53. The van der Waals surface area contributed by atoms with E-state index in [2.05, 4.69) is 0 Å². The molecule has 2 rings (SSSR count). The fourth-order valence-corrected chi connectivity index (χ4v) is 2.06. The van der Waals surface area contributed by atoms with Gasteiger partial charge in [0, 0.05) is 6.04 Å². The molecule has 6 nitrogen and oxygen atoms in total. The van der Waals surface area contributed by atoms with Crippen LogP contribution in [0.15, 0.2) is 24.3 Å². The van der Waals surface area contributed by atoms with Crippen molar-refractivity contribution in [3.63, 3.8) is 0 Å². The van der Waals surface area contributed by atoms with Crippen LogP contribution in [0.3, 0.4) is 0 Å². The first kappa shape index (κ1) is 14.3. The van der Waals surface area contributed by atoms with Crippen LogP contribution in [0.25, 0.3) is 0 Å². The van der Waals surface area contributed by atoms with Gasteiger partial charge in [0.25, 0.3) is 5.91 Å². The number of carbonyl (C=O) groups excluding carboxylic acids is 2. The van der Waals surface area contributed by atoms with E-state index in [4.69, 9.17) is 16.2 Å². The molecule has 0 fully saturated rings. The second-order valence-corrected chi connectivity index (χ2v) is 5.07. The summed E-state index contributed by atoms with van der Waals surface area (Å²) in [7, 11) is 0. The summed E-state index contributed by atoms with van der Waals surface area (Å²) >= 11 is 0. The van der Waals surface area contributed by atoms with E-state index in [1.807, 2.05) is 6.07 Å². The fraction of sp³-hybridized carbons (Fsp3) is 0.429. The number of carbonyl (C=O) groups is 2. The summed E-state index contributed by atoms with van der Waals surface area (Å²) in [6.45, 7) is 3.66. The molecule has 1 aliphatic heterocycles. The molecular weight excluding hydrogens is 258 g/mol. The number of primary amides is 1. The van der Waals surface area contributed by atoms with Crippen LogP contribution in [-0.4, -0.2) is 30.5 Å². The Morgan fingerprint density at radius 3 is 2.60 bits per heavy atom. The van der Waals surface area contributed by atoms with Crippen molar-refractivity contribution in [2.24, 2.45) is 17.4 Å². The molecule has 1 aliphatic rings. The molecule has 0 saturated heterocycles. The number of ether oxygens (including phenoxy) is 1. The summed E-state index contributed by atoms with van der Waals surface area (Å²) in [5.41, 5.74) is 11.7. The first-order chi connectivity index (χ1) is 9.41. The predicted octanol–water partition coefficient (Wildman–Crippen LogP) is 0.249. The van der Waals surface area contributed by atoms with Gasteiger partial charge in [-0.05, 0) is 19.1 Å². The first-order valence-corrected chi connectivity index (χ1v) is 6.53. The number of fused-ring (bicyclic) bond motifs is 1. The van der Waals surface area contributed by atoms with Crippen LogP contribution >= 0.6 is 0 Å². The molecule has 3 atom stereocenters. The molecule has 1 heterocycles. The van der Waals surface area contributed by atoms with Crippen molar-refractivity contribution in [2.75, 3.05) is 11.4 Å². The highest BCUT2D eigenvalue weighted by Crippen LogP contribution is 2.34. The third-order valence-corrected chi connectivity index (χ3v) is 3.54. The standard InChI is InChI=1S/C14H19N3O3/c1-8(9(2)15)14(19)17-7-12(13(16)18)20-11-6-4-3-5-10(11)17/h3-6,8-9,12H,7,15H2,1-2H3,(H2,16,18). The largest absolute Gasteiger partial charge is 0.477 e. The van der Waals surface area contributed by atoms with Crippen LogP contribution in [0.1, 0.15) is 13.8 Å². The van der Waals surface area contributed by atoms with Crippen LogP contribution in [0.5, 0.6) is 5.75 Å². The van der Waals surface area contributed by atoms with E-state index < -0.39 is 12.0 Å². The monoisotopic (exact) mass is 277 g/mol. The van der Waals surface area contributed by atoms with Crippen LogP contribution in [0.4, 0.5) is 5.69 Å². The van der Waals surface area contributed by atoms with Crippen molar-refractivity contribution in [1.29, 1.82) is 0 Å². The van der Waals surface area contributed by atoms with E-state index in [0.717, 1.165) is 0 Å². The van der Waals surface area contributed by atoms with Gasteiger partial charge in [-0.2, -0.15) is 0 Å². The lowest BCUT2D eigenvalue weighted by Gasteiger charge is -2.35.